The second-order valence-corrected chi connectivity index (χ2v) is 7.03. The van der Waals surface area contributed by atoms with Crippen molar-refractivity contribution in [1.82, 2.24) is 4.90 Å². The summed E-state index contributed by atoms with van der Waals surface area (Å²) in [6, 6.07) is 11.0. The number of thiophene rings is 1. The van der Waals surface area contributed by atoms with Crippen LogP contribution in [0.1, 0.15) is 11.3 Å². The number of hydrogen-bond acceptors (Lipinski definition) is 4. The molecule has 1 amide bonds. The quantitative estimate of drug-likeness (QED) is 0.921. The predicted octanol–water partition coefficient (Wildman–Crippen LogP) is 2.98. The van der Waals surface area contributed by atoms with Crippen LogP contribution in [0, 0.1) is 0 Å². The number of nitrogens with zero attached hydrogens (tertiary/aromatic N) is 1. The molecule has 1 N–H and O–H groups in total. The average molecular weight is 352 g/mol. The number of amides is 1. The van der Waals surface area contributed by atoms with Gasteiger partial charge >= 0.3 is 0 Å². The van der Waals surface area contributed by atoms with Gasteiger partial charge in [0.15, 0.2) is 0 Å². The van der Waals surface area contributed by atoms with Gasteiger partial charge in [-0.05, 0) is 35.7 Å². The molecule has 2 atom stereocenters. The number of rotatable bonds is 4. The fourth-order valence-electron chi connectivity index (χ4n) is 2.64. The van der Waals surface area contributed by atoms with Gasteiger partial charge in [0.2, 0.25) is 5.91 Å². The third kappa shape index (κ3) is 4.25. The first-order valence-corrected chi connectivity index (χ1v) is 8.78. The van der Waals surface area contributed by atoms with Gasteiger partial charge in [-0.3, -0.25) is 4.79 Å². The molecule has 1 fully saturated rings. The zero-order valence-electron chi connectivity index (χ0n) is 12.5. The molecular weight excluding hydrogens is 334 g/mol. The maximum atomic E-state index is 12.3. The molecule has 1 aromatic heterocycles. The van der Waals surface area contributed by atoms with Crippen molar-refractivity contribution in [3.05, 3.63) is 51.7 Å². The van der Waals surface area contributed by atoms with E-state index < -0.39 is 6.10 Å². The lowest BCUT2D eigenvalue weighted by Gasteiger charge is -2.36. The van der Waals surface area contributed by atoms with Crippen molar-refractivity contribution in [2.45, 2.75) is 25.0 Å². The van der Waals surface area contributed by atoms with Crippen LogP contribution in [-0.2, 0) is 11.2 Å². The van der Waals surface area contributed by atoms with E-state index in [9.17, 15) is 9.90 Å². The molecule has 1 aliphatic rings. The van der Waals surface area contributed by atoms with E-state index >= 15 is 0 Å². The minimum atomic E-state index is -0.688. The van der Waals surface area contributed by atoms with Crippen molar-refractivity contribution in [2.24, 2.45) is 0 Å². The molecule has 0 radical (unpaired) electrons. The van der Waals surface area contributed by atoms with E-state index in [0.29, 0.717) is 36.7 Å². The minimum absolute atomic E-state index is 0.0523. The molecule has 2 aromatic rings. The Bertz CT molecular complexity index is 644. The molecule has 0 bridgehead atoms. The lowest BCUT2D eigenvalue weighted by atomic mass is 10.0. The number of halogens is 1. The van der Waals surface area contributed by atoms with Crippen LogP contribution in [0.15, 0.2) is 41.8 Å². The number of carbonyl (C=O) groups excluding carboxylic acids is 1. The zero-order valence-corrected chi connectivity index (χ0v) is 14.1. The molecule has 0 aliphatic carbocycles. The number of hydrogen-bond donors (Lipinski definition) is 1. The zero-order chi connectivity index (χ0) is 16.2. The second kappa shape index (κ2) is 7.34. The van der Waals surface area contributed by atoms with Gasteiger partial charge < -0.3 is 14.7 Å². The Hall–Kier alpha value is -1.56. The van der Waals surface area contributed by atoms with Gasteiger partial charge in [-0.1, -0.05) is 17.7 Å². The smallest absolute Gasteiger partial charge is 0.227 e. The van der Waals surface area contributed by atoms with Crippen molar-refractivity contribution < 1.29 is 14.6 Å². The summed E-state index contributed by atoms with van der Waals surface area (Å²) >= 11 is 7.42. The van der Waals surface area contributed by atoms with E-state index in [1.807, 2.05) is 17.5 Å². The maximum Gasteiger partial charge on any atom is 0.227 e. The Morgan fingerprint density at radius 3 is 2.78 bits per heavy atom. The lowest BCUT2D eigenvalue weighted by Crippen LogP contribution is -2.51. The average Bonchev–Trinajstić information content (AvgIpc) is 3.04. The molecule has 0 saturated carbocycles. The monoisotopic (exact) mass is 351 g/mol. The summed E-state index contributed by atoms with van der Waals surface area (Å²) in [5, 5.41) is 12.9. The van der Waals surface area contributed by atoms with Crippen LogP contribution in [0.3, 0.4) is 0 Å². The van der Waals surface area contributed by atoms with Crippen LogP contribution in [0.2, 0.25) is 5.02 Å². The van der Waals surface area contributed by atoms with Gasteiger partial charge in [-0.25, -0.2) is 0 Å². The molecule has 23 heavy (non-hydrogen) atoms. The summed E-state index contributed by atoms with van der Waals surface area (Å²) < 4.78 is 5.81. The molecular formula is C17H18ClNO3S. The van der Waals surface area contributed by atoms with Gasteiger partial charge in [-0.15, -0.1) is 11.3 Å². The SMILES string of the molecule is O=C(Cc1cccs1)N1CC[C@@H](Oc2ccc(Cl)cc2)[C@H](O)C1. The molecule has 1 saturated heterocycles. The largest absolute Gasteiger partial charge is 0.488 e. The number of β-amino-alcohol motifs (C(OH)–C–C–N with tert-alkyl or cyclic N) is 1. The molecule has 2 heterocycles. The standard InChI is InChI=1S/C17H18ClNO3S/c18-12-3-5-13(6-4-12)22-16-7-8-19(11-15(16)20)17(21)10-14-2-1-9-23-14/h1-6,9,15-16,20H,7-8,10-11H2/t15-,16-/m1/s1. The summed E-state index contributed by atoms with van der Waals surface area (Å²) in [6.45, 7) is 0.905. The van der Waals surface area contributed by atoms with Crippen molar-refractivity contribution in [1.29, 1.82) is 0 Å². The summed E-state index contributed by atoms with van der Waals surface area (Å²) in [5.74, 6) is 0.730. The van der Waals surface area contributed by atoms with E-state index in [4.69, 9.17) is 16.3 Å². The summed E-state index contributed by atoms with van der Waals surface area (Å²) in [7, 11) is 0. The first kappa shape index (κ1) is 16.3. The Morgan fingerprint density at radius 2 is 2.13 bits per heavy atom. The maximum absolute atomic E-state index is 12.3. The van der Waals surface area contributed by atoms with Crippen molar-refractivity contribution >= 4 is 28.8 Å². The van der Waals surface area contributed by atoms with Crippen LogP contribution in [-0.4, -0.2) is 41.2 Å². The molecule has 1 aromatic carbocycles. The van der Waals surface area contributed by atoms with E-state index in [1.54, 1.807) is 40.5 Å². The highest BCUT2D eigenvalue weighted by atomic mass is 35.5. The van der Waals surface area contributed by atoms with E-state index in [-0.39, 0.29) is 12.0 Å². The number of benzene rings is 1. The van der Waals surface area contributed by atoms with Gasteiger partial charge in [0, 0.05) is 22.9 Å². The Kier molecular flexibility index (Phi) is 5.20. The van der Waals surface area contributed by atoms with Crippen molar-refractivity contribution in [3.8, 4) is 5.75 Å². The molecule has 4 nitrogen and oxygen atoms in total. The third-order valence-corrected chi connectivity index (χ3v) is 5.01. The Labute approximate surface area is 144 Å². The molecule has 3 rings (SSSR count). The highest BCUT2D eigenvalue weighted by molar-refractivity contribution is 7.10. The van der Waals surface area contributed by atoms with Crippen LogP contribution in [0.5, 0.6) is 5.75 Å². The summed E-state index contributed by atoms with van der Waals surface area (Å²) in [5.41, 5.74) is 0. The first-order valence-electron chi connectivity index (χ1n) is 7.52. The number of likely N-dealkylation sites (tertiary alicyclic amines) is 1. The fraction of sp³-hybridized carbons (Fsp3) is 0.353. The van der Waals surface area contributed by atoms with Crippen LogP contribution in [0.25, 0.3) is 0 Å². The van der Waals surface area contributed by atoms with Gasteiger partial charge in [0.05, 0.1) is 13.0 Å². The Morgan fingerprint density at radius 1 is 1.35 bits per heavy atom. The highest BCUT2D eigenvalue weighted by Crippen LogP contribution is 2.22. The van der Waals surface area contributed by atoms with Gasteiger partial charge in [0.25, 0.3) is 0 Å². The molecule has 6 heteroatoms. The van der Waals surface area contributed by atoms with Crippen molar-refractivity contribution in [2.75, 3.05) is 13.1 Å². The fourth-order valence-corrected chi connectivity index (χ4v) is 3.46. The lowest BCUT2D eigenvalue weighted by molar-refractivity contribution is -0.136. The van der Waals surface area contributed by atoms with Gasteiger partial charge in [-0.2, -0.15) is 0 Å². The summed E-state index contributed by atoms with van der Waals surface area (Å²) in [6.07, 6.45) is 0.0150. The molecule has 0 unspecified atom stereocenters. The van der Waals surface area contributed by atoms with Crippen molar-refractivity contribution in [3.63, 3.8) is 0 Å². The van der Waals surface area contributed by atoms with E-state index in [1.165, 1.54) is 0 Å². The number of aliphatic hydroxyl groups excluding tert-OH is 1. The second-order valence-electron chi connectivity index (χ2n) is 5.56. The molecule has 1 aliphatic heterocycles. The summed E-state index contributed by atoms with van der Waals surface area (Å²) in [4.78, 5) is 15.0. The van der Waals surface area contributed by atoms with Crippen LogP contribution < -0.4 is 4.74 Å². The van der Waals surface area contributed by atoms with E-state index in [0.717, 1.165) is 4.88 Å². The topological polar surface area (TPSA) is 49.8 Å². The van der Waals surface area contributed by atoms with Crippen LogP contribution in [0.4, 0.5) is 0 Å². The highest BCUT2D eigenvalue weighted by Gasteiger charge is 2.31. The predicted molar refractivity (Wildman–Crippen MR) is 91.1 cm³/mol. The molecule has 122 valence electrons. The molecule has 0 spiro atoms. The minimum Gasteiger partial charge on any atom is -0.488 e. The number of aliphatic hydroxyl groups is 1. The van der Waals surface area contributed by atoms with Crippen LogP contribution >= 0.6 is 22.9 Å². The normalized spacial score (nSPS) is 21.2. The number of piperidine rings is 1. The first-order chi connectivity index (χ1) is 11.1. The number of ether oxygens (including phenoxy) is 1. The van der Waals surface area contributed by atoms with Gasteiger partial charge in [0.1, 0.15) is 18.0 Å². The van der Waals surface area contributed by atoms with E-state index in [2.05, 4.69) is 0 Å². The third-order valence-electron chi connectivity index (χ3n) is 3.88. The Balaban J connectivity index is 1.54. The number of carbonyl (C=O) groups is 1.